The molecule has 5 nitrogen and oxygen atoms in total. The van der Waals surface area contributed by atoms with Crippen molar-refractivity contribution in [2.45, 2.75) is 25.0 Å². The molecule has 0 saturated carbocycles. The van der Waals surface area contributed by atoms with Gasteiger partial charge in [-0.1, -0.05) is 6.07 Å². The molecule has 3 aliphatic heterocycles. The Balaban J connectivity index is 1.53. The number of nitrogens with zero attached hydrogens (tertiary/aromatic N) is 3. The topological polar surface area (TPSA) is 37.8 Å². The number of morpholine rings is 1. The van der Waals surface area contributed by atoms with Crippen molar-refractivity contribution in [2.24, 2.45) is 0 Å². The number of hydrogen-bond donors (Lipinski definition) is 0. The van der Waals surface area contributed by atoms with Crippen molar-refractivity contribution in [1.29, 1.82) is 0 Å². The van der Waals surface area contributed by atoms with Crippen LogP contribution in [-0.4, -0.2) is 67.5 Å². The highest BCUT2D eigenvalue weighted by molar-refractivity contribution is 5.41. The zero-order valence-electron chi connectivity index (χ0n) is 11.9. The minimum Gasteiger partial charge on any atom is -0.378 e. The monoisotopic (exact) mass is 275 g/mol. The van der Waals surface area contributed by atoms with E-state index in [0.29, 0.717) is 18.1 Å². The van der Waals surface area contributed by atoms with Gasteiger partial charge >= 0.3 is 0 Å². The van der Waals surface area contributed by atoms with Gasteiger partial charge in [0, 0.05) is 19.3 Å². The molecule has 0 aromatic carbocycles. The summed E-state index contributed by atoms with van der Waals surface area (Å²) in [6.45, 7) is 7.51. The Bertz CT molecular complexity index is 461. The molecule has 2 bridgehead atoms. The Morgan fingerprint density at radius 3 is 2.20 bits per heavy atom. The fraction of sp³-hybridized carbons (Fsp3) is 0.667. The fourth-order valence-electron chi connectivity index (χ4n) is 3.51. The number of piperazine rings is 1. The third-order valence-electron chi connectivity index (χ3n) is 4.59. The maximum atomic E-state index is 5.76. The normalized spacial score (nSPS) is 31.1. The molecular formula is C15H21N3O2. The van der Waals surface area contributed by atoms with Crippen molar-refractivity contribution in [2.75, 3.05) is 44.4 Å². The molecule has 2 atom stereocenters. The minimum atomic E-state index is 0.472. The Labute approximate surface area is 119 Å². The van der Waals surface area contributed by atoms with E-state index in [0.717, 1.165) is 45.3 Å². The first kappa shape index (κ1) is 12.6. The Morgan fingerprint density at radius 2 is 1.65 bits per heavy atom. The molecule has 3 aliphatic rings. The van der Waals surface area contributed by atoms with Gasteiger partial charge < -0.3 is 14.4 Å². The van der Waals surface area contributed by atoms with Gasteiger partial charge in [-0.3, -0.25) is 4.90 Å². The summed E-state index contributed by atoms with van der Waals surface area (Å²) in [6.07, 6.45) is 1.95. The zero-order chi connectivity index (χ0) is 13.5. The van der Waals surface area contributed by atoms with E-state index in [-0.39, 0.29) is 0 Å². The molecule has 0 N–H and O–H groups in total. The van der Waals surface area contributed by atoms with Crippen LogP contribution in [0.5, 0.6) is 0 Å². The van der Waals surface area contributed by atoms with Gasteiger partial charge in [0.1, 0.15) is 5.82 Å². The number of ether oxygens (including phenoxy) is 2. The van der Waals surface area contributed by atoms with Gasteiger partial charge in [0.2, 0.25) is 0 Å². The number of hydrogen-bond acceptors (Lipinski definition) is 5. The summed E-state index contributed by atoms with van der Waals surface area (Å²) in [4.78, 5) is 9.62. The molecule has 0 amide bonds. The average Bonchev–Trinajstić information content (AvgIpc) is 2.37. The van der Waals surface area contributed by atoms with E-state index in [9.17, 15) is 0 Å². The second-order valence-electron chi connectivity index (χ2n) is 6.08. The lowest BCUT2D eigenvalue weighted by Crippen LogP contribution is -2.70. The van der Waals surface area contributed by atoms with Crippen LogP contribution in [-0.2, 0) is 9.47 Å². The summed E-state index contributed by atoms with van der Waals surface area (Å²) in [7, 11) is 0. The number of rotatable bonds is 2. The molecule has 0 spiro atoms. The number of fused-ring (bicyclic) bond motifs is 2. The van der Waals surface area contributed by atoms with Crippen LogP contribution in [0.2, 0.25) is 0 Å². The number of anilines is 1. The van der Waals surface area contributed by atoms with Gasteiger partial charge in [0.15, 0.2) is 0 Å². The molecule has 1 aromatic rings. The van der Waals surface area contributed by atoms with E-state index in [1.54, 1.807) is 0 Å². The zero-order valence-corrected chi connectivity index (χ0v) is 11.9. The van der Waals surface area contributed by atoms with Crippen LogP contribution in [0.3, 0.4) is 0 Å². The Kier molecular flexibility index (Phi) is 3.13. The summed E-state index contributed by atoms with van der Waals surface area (Å²) in [6, 6.07) is 5.82. The van der Waals surface area contributed by atoms with Gasteiger partial charge in [-0.05, 0) is 18.6 Å². The molecule has 20 heavy (non-hydrogen) atoms. The SMILES string of the molecule is Cc1ccc(N2CC3COCC(C2)N3C2COC2)nc1. The Morgan fingerprint density at radius 1 is 1.00 bits per heavy atom. The Hall–Kier alpha value is -1.17. The van der Waals surface area contributed by atoms with E-state index in [4.69, 9.17) is 9.47 Å². The van der Waals surface area contributed by atoms with Crippen molar-refractivity contribution in [3.63, 3.8) is 0 Å². The summed E-state index contributed by atoms with van der Waals surface area (Å²) >= 11 is 0. The quantitative estimate of drug-likeness (QED) is 0.793. The second-order valence-corrected chi connectivity index (χ2v) is 6.08. The first-order valence-corrected chi connectivity index (χ1v) is 7.42. The van der Waals surface area contributed by atoms with E-state index < -0.39 is 0 Å². The van der Waals surface area contributed by atoms with Gasteiger partial charge in [-0.15, -0.1) is 0 Å². The summed E-state index contributed by atoms with van der Waals surface area (Å²) in [5.41, 5.74) is 1.21. The molecule has 1 aromatic heterocycles. The molecular weight excluding hydrogens is 254 g/mol. The molecule has 0 radical (unpaired) electrons. The van der Waals surface area contributed by atoms with Crippen LogP contribution < -0.4 is 4.90 Å². The van der Waals surface area contributed by atoms with Gasteiger partial charge in [-0.2, -0.15) is 0 Å². The lowest BCUT2D eigenvalue weighted by Gasteiger charge is -2.54. The highest BCUT2D eigenvalue weighted by Crippen LogP contribution is 2.28. The number of aryl methyl sites for hydroxylation is 1. The van der Waals surface area contributed by atoms with E-state index >= 15 is 0 Å². The minimum absolute atomic E-state index is 0.472. The van der Waals surface area contributed by atoms with Crippen molar-refractivity contribution in [3.8, 4) is 0 Å². The van der Waals surface area contributed by atoms with Gasteiger partial charge in [-0.25, -0.2) is 4.98 Å². The van der Waals surface area contributed by atoms with Crippen LogP contribution in [0, 0.1) is 6.92 Å². The molecule has 4 heterocycles. The third-order valence-corrected chi connectivity index (χ3v) is 4.59. The molecule has 4 rings (SSSR count). The molecule has 0 aliphatic carbocycles. The predicted octanol–water partition coefficient (Wildman–Crippen LogP) is 0.678. The van der Waals surface area contributed by atoms with Crippen LogP contribution in [0.1, 0.15) is 5.56 Å². The smallest absolute Gasteiger partial charge is 0.128 e. The van der Waals surface area contributed by atoms with E-state index in [1.807, 2.05) is 6.20 Å². The van der Waals surface area contributed by atoms with E-state index in [1.165, 1.54) is 5.56 Å². The number of aromatic nitrogens is 1. The summed E-state index contributed by atoms with van der Waals surface area (Å²) < 4.78 is 11.1. The third kappa shape index (κ3) is 2.10. The van der Waals surface area contributed by atoms with Crippen LogP contribution in [0.25, 0.3) is 0 Å². The maximum absolute atomic E-state index is 5.76. The number of pyridine rings is 1. The van der Waals surface area contributed by atoms with Gasteiger partial charge in [0.25, 0.3) is 0 Å². The second kappa shape index (κ2) is 4.98. The molecule has 2 unspecified atom stereocenters. The van der Waals surface area contributed by atoms with Crippen molar-refractivity contribution >= 4 is 5.82 Å². The molecule has 108 valence electrons. The molecule has 5 heteroatoms. The highest BCUT2D eigenvalue weighted by atomic mass is 16.5. The fourth-order valence-corrected chi connectivity index (χ4v) is 3.51. The van der Waals surface area contributed by atoms with Crippen LogP contribution in [0.4, 0.5) is 5.82 Å². The predicted molar refractivity (Wildman–Crippen MR) is 76.0 cm³/mol. The molecule has 3 fully saturated rings. The van der Waals surface area contributed by atoms with Crippen LogP contribution >= 0.6 is 0 Å². The summed E-state index contributed by atoms with van der Waals surface area (Å²) in [5, 5.41) is 0. The largest absolute Gasteiger partial charge is 0.378 e. The van der Waals surface area contributed by atoms with Crippen LogP contribution in [0.15, 0.2) is 18.3 Å². The van der Waals surface area contributed by atoms with E-state index in [2.05, 4.69) is 33.8 Å². The first-order valence-electron chi connectivity index (χ1n) is 7.42. The maximum Gasteiger partial charge on any atom is 0.128 e. The standard InChI is InChI=1S/C15H21N3O2/c1-11-2-3-15(16-4-11)17-5-12-7-19-8-13(6-17)18(12)14-9-20-10-14/h2-4,12-14H,5-10H2,1H3. The average molecular weight is 275 g/mol. The molecule has 3 saturated heterocycles. The van der Waals surface area contributed by atoms with Crippen molar-refractivity contribution in [3.05, 3.63) is 23.9 Å². The first-order chi connectivity index (χ1) is 9.81. The lowest BCUT2D eigenvalue weighted by atomic mass is 10.00. The van der Waals surface area contributed by atoms with Crippen molar-refractivity contribution < 1.29 is 9.47 Å². The van der Waals surface area contributed by atoms with Gasteiger partial charge in [0.05, 0.1) is 44.6 Å². The lowest BCUT2D eigenvalue weighted by molar-refractivity contribution is -0.146. The summed E-state index contributed by atoms with van der Waals surface area (Å²) in [5.74, 6) is 1.09. The van der Waals surface area contributed by atoms with Crippen molar-refractivity contribution in [1.82, 2.24) is 9.88 Å². The highest BCUT2D eigenvalue weighted by Gasteiger charge is 2.44.